The topological polar surface area (TPSA) is 72.9 Å². The number of aromatic nitrogens is 2. The summed E-state index contributed by atoms with van der Waals surface area (Å²) in [6.45, 7) is 1.97. The van der Waals surface area contributed by atoms with Crippen LogP contribution < -0.4 is 11.1 Å². The number of nitrogens with one attached hydrogen (secondary N) is 1. The Morgan fingerprint density at radius 3 is 2.64 bits per heavy atom. The summed E-state index contributed by atoms with van der Waals surface area (Å²) in [4.78, 5) is 13.5. The molecule has 5 nitrogen and oxygen atoms in total. The van der Waals surface area contributed by atoms with E-state index in [4.69, 9.17) is 18.0 Å². The number of allylic oxidation sites excluding steroid dienone is 3. The van der Waals surface area contributed by atoms with Crippen LogP contribution in [-0.4, -0.2) is 33.1 Å². The van der Waals surface area contributed by atoms with Gasteiger partial charge in [-0.3, -0.25) is 9.48 Å². The lowest BCUT2D eigenvalue weighted by atomic mass is 9.88. The molecular weight excluding hydrogens is 517 g/mol. The number of amides is 1. The van der Waals surface area contributed by atoms with Crippen molar-refractivity contribution in [3.63, 3.8) is 0 Å². The van der Waals surface area contributed by atoms with Crippen LogP contribution >= 0.6 is 28.1 Å². The molecular formula is C23H24BrF3N4OS. The predicted octanol–water partition coefficient (Wildman–Crippen LogP) is 4.75. The molecule has 1 aromatic heterocycles. The molecule has 1 amide bonds. The molecule has 33 heavy (non-hydrogen) atoms. The van der Waals surface area contributed by atoms with Crippen molar-refractivity contribution in [2.75, 3.05) is 6.54 Å². The zero-order chi connectivity index (χ0) is 24.3. The molecule has 10 heteroatoms. The highest BCUT2D eigenvalue weighted by molar-refractivity contribution is 9.10. The number of halogens is 4. The molecule has 0 radical (unpaired) electrons. The summed E-state index contributed by atoms with van der Waals surface area (Å²) in [5.41, 5.74) is 8.32. The number of benzene rings is 1. The van der Waals surface area contributed by atoms with Gasteiger partial charge in [0.25, 0.3) is 5.91 Å². The molecule has 0 aliphatic heterocycles. The van der Waals surface area contributed by atoms with Gasteiger partial charge in [-0.25, -0.2) is 0 Å². The molecule has 0 saturated heterocycles. The lowest BCUT2D eigenvalue weighted by Gasteiger charge is -2.24. The predicted molar refractivity (Wildman–Crippen MR) is 130 cm³/mol. The number of aryl methyl sites for hydroxylation is 1. The standard InChI is InChI=1S/C23H24BrF3N4OS/c1-3-13-9-17(20(33)10-16(13)21-19(24)12-29-31(21)2)22(32)30-15(11-28)8-14-6-4-5-7-18(14)23(25,26)27/h4-7,9,12,15H,3,8,10-11,28H2,1-2H3,(H,30,32)/t15-/m0/s1. The molecule has 0 unspecified atom stereocenters. The van der Waals surface area contributed by atoms with Crippen molar-refractivity contribution in [2.24, 2.45) is 12.8 Å². The van der Waals surface area contributed by atoms with E-state index in [0.29, 0.717) is 23.3 Å². The van der Waals surface area contributed by atoms with Crippen molar-refractivity contribution in [1.82, 2.24) is 15.1 Å². The fraction of sp³-hybridized carbons (Fsp3) is 0.348. The molecule has 1 aliphatic carbocycles. The maximum absolute atomic E-state index is 13.3. The molecule has 0 bridgehead atoms. The van der Waals surface area contributed by atoms with E-state index in [2.05, 4.69) is 26.3 Å². The Balaban J connectivity index is 1.85. The summed E-state index contributed by atoms with van der Waals surface area (Å²) in [6, 6.07) is 4.63. The molecule has 176 valence electrons. The molecule has 3 N–H and O–H groups in total. The van der Waals surface area contributed by atoms with Gasteiger partial charge in [0, 0.05) is 30.9 Å². The van der Waals surface area contributed by atoms with Crippen molar-refractivity contribution in [3.05, 3.63) is 69.0 Å². The van der Waals surface area contributed by atoms with Crippen LogP contribution in [0.4, 0.5) is 13.2 Å². The number of nitrogens with zero attached hydrogens (tertiary/aromatic N) is 2. The van der Waals surface area contributed by atoms with E-state index in [1.54, 1.807) is 17.0 Å². The summed E-state index contributed by atoms with van der Waals surface area (Å²) in [7, 11) is 1.83. The van der Waals surface area contributed by atoms with Gasteiger partial charge in [-0.1, -0.05) is 37.3 Å². The highest BCUT2D eigenvalue weighted by Crippen LogP contribution is 2.36. The maximum atomic E-state index is 13.3. The van der Waals surface area contributed by atoms with Gasteiger partial charge in [0.1, 0.15) is 0 Å². The second-order valence-corrected chi connectivity index (χ2v) is 9.09. The van der Waals surface area contributed by atoms with Gasteiger partial charge in [-0.15, -0.1) is 0 Å². The van der Waals surface area contributed by atoms with Crippen LogP contribution in [0.15, 0.2) is 52.2 Å². The first-order valence-electron chi connectivity index (χ1n) is 10.4. The molecule has 1 aliphatic rings. The molecule has 0 spiro atoms. The molecule has 0 fully saturated rings. The molecule has 2 aromatic rings. The summed E-state index contributed by atoms with van der Waals surface area (Å²) < 4.78 is 42.6. The molecule has 3 rings (SSSR count). The van der Waals surface area contributed by atoms with Crippen molar-refractivity contribution in [3.8, 4) is 0 Å². The van der Waals surface area contributed by atoms with Gasteiger partial charge in [-0.05, 0) is 57.6 Å². The van der Waals surface area contributed by atoms with Crippen LogP contribution in [0.5, 0.6) is 0 Å². The minimum atomic E-state index is -4.48. The third-order valence-corrected chi connectivity index (χ3v) is 6.50. The van der Waals surface area contributed by atoms with E-state index < -0.39 is 23.7 Å². The molecule has 1 atom stereocenters. The van der Waals surface area contributed by atoms with Crippen molar-refractivity contribution in [2.45, 2.75) is 38.4 Å². The fourth-order valence-corrected chi connectivity index (χ4v) is 4.78. The van der Waals surface area contributed by atoms with Gasteiger partial charge in [0.2, 0.25) is 0 Å². The lowest BCUT2D eigenvalue weighted by molar-refractivity contribution is -0.138. The number of nitrogens with two attached hydrogens (primary N) is 1. The van der Waals surface area contributed by atoms with Crippen LogP contribution in [-0.2, 0) is 24.4 Å². The fourth-order valence-electron chi connectivity index (χ4n) is 3.90. The first-order valence-corrected chi connectivity index (χ1v) is 11.6. The van der Waals surface area contributed by atoms with Crippen LogP contribution in [0, 0.1) is 0 Å². The third kappa shape index (κ3) is 5.62. The average molecular weight is 541 g/mol. The van der Waals surface area contributed by atoms with Gasteiger partial charge in [-0.2, -0.15) is 18.3 Å². The Bertz CT molecular complexity index is 1120. The summed E-state index contributed by atoms with van der Waals surface area (Å²) >= 11 is 9.05. The Labute approximate surface area is 204 Å². The minimum absolute atomic E-state index is 0.0122. The lowest BCUT2D eigenvalue weighted by Crippen LogP contribution is -2.43. The smallest absolute Gasteiger partial charge is 0.348 e. The normalized spacial score (nSPS) is 15.5. The summed E-state index contributed by atoms with van der Waals surface area (Å²) in [5, 5.41) is 7.03. The quantitative estimate of drug-likeness (QED) is 0.497. The van der Waals surface area contributed by atoms with E-state index >= 15 is 0 Å². The average Bonchev–Trinajstić information content (AvgIpc) is 3.10. The Hall–Kier alpha value is -2.30. The second kappa shape index (κ2) is 10.3. The zero-order valence-electron chi connectivity index (χ0n) is 18.2. The summed E-state index contributed by atoms with van der Waals surface area (Å²) in [6.07, 6.45) is 0.000288. The van der Waals surface area contributed by atoms with Crippen LogP contribution in [0.25, 0.3) is 5.57 Å². The van der Waals surface area contributed by atoms with Gasteiger partial charge < -0.3 is 11.1 Å². The SMILES string of the molecule is CCC1=C(c2c(Br)cnn2C)CC(=S)C(C(=O)N[C@H](CN)Cc2ccccc2C(F)(F)F)=C1. The van der Waals surface area contributed by atoms with Crippen molar-refractivity contribution in [1.29, 1.82) is 0 Å². The van der Waals surface area contributed by atoms with Crippen molar-refractivity contribution < 1.29 is 18.0 Å². The first kappa shape index (κ1) is 25.3. The Morgan fingerprint density at radius 2 is 2.06 bits per heavy atom. The molecule has 1 aromatic carbocycles. The van der Waals surface area contributed by atoms with Gasteiger partial charge in [0.15, 0.2) is 0 Å². The zero-order valence-corrected chi connectivity index (χ0v) is 20.6. The summed E-state index contributed by atoms with van der Waals surface area (Å²) in [5.74, 6) is -0.436. The Morgan fingerprint density at radius 1 is 1.36 bits per heavy atom. The van der Waals surface area contributed by atoms with Gasteiger partial charge in [0.05, 0.1) is 27.5 Å². The Kier molecular flexibility index (Phi) is 7.92. The minimum Gasteiger partial charge on any atom is -0.348 e. The van der Waals surface area contributed by atoms with Crippen molar-refractivity contribution >= 4 is 44.5 Å². The number of hydrogen-bond acceptors (Lipinski definition) is 4. The van der Waals surface area contributed by atoms with E-state index in [9.17, 15) is 18.0 Å². The molecule has 0 saturated carbocycles. The largest absolute Gasteiger partial charge is 0.416 e. The van der Waals surface area contributed by atoms with E-state index in [-0.39, 0.29) is 18.5 Å². The third-order valence-electron chi connectivity index (χ3n) is 5.56. The monoisotopic (exact) mass is 540 g/mol. The number of rotatable bonds is 7. The van der Waals surface area contributed by atoms with E-state index in [1.807, 2.05) is 14.0 Å². The van der Waals surface area contributed by atoms with Crippen LogP contribution in [0.3, 0.4) is 0 Å². The first-order chi connectivity index (χ1) is 15.6. The van der Waals surface area contributed by atoms with Gasteiger partial charge >= 0.3 is 6.18 Å². The maximum Gasteiger partial charge on any atom is 0.416 e. The number of thiocarbonyl (C=S) groups is 1. The highest BCUT2D eigenvalue weighted by atomic mass is 79.9. The van der Waals surface area contributed by atoms with Crippen LogP contribution in [0.1, 0.15) is 36.6 Å². The second-order valence-electron chi connectivity index (χ2n) is 7.75. The van der Waals surface area contributed by atoms with E-state index in [1.165, 1.54) is 18.2 Å². The highest BCUT2D eigenvalue weighted by Gasteiger charge is 2.33. The molecule has 1 heterocycles. The van der Waals surface area contributed by atoms with E-state index in [0.717, 1.165) is 27.4 Å². The van der Waals surface area contributed by atoms with Crippen LogP contribution in [0.2, 0.25) is 0 Å². The number of hydrogen-bond donors (Lipinski definition) is 2. The number of alkyl halides is 3. The number of carbonyl (C=O) groups excluding carboxylic acids is 1. The number of carbonyl (C=O) groups is 1.